The van der Waals surface area contributed by atoms with Crippen LogP contribution in [0.4, 0.5) is 0 Å². The van der Waals surface area contributed by atoms with Crippen LogP contribution in [-0.2, 0) is 14.3 Å². The largest absolute Gasteiger partial charge is 0.378 e. The minimum absolute atomic E-state index is 0.0365. The van der Waals surface area contributed by atoms with E-state index in [4.69, 9.17) is 9.47 Å². The summed E-state index contributed by atoms with van der Waals surface area (Å²) in [4.78, 5) is 11.6. The summed E-state index contributed by atoms with van der Waals surface area (Å²) < 4.78 is 11.1. The molecule has 0 bridgehead atoms. The molecule has 5 heteroatoms. The molecule has 2 aliphatic heterocycles. The Morgan fingerprint density at radius 1 is 1.33 bits per heavy atom. The number of rotatable bonds is 6. The van der Waals surface area contributed by atoms with Gasteiger partial charge in [0.1, 0.15) is 6.10 Å². The zero-order chi connectivity index (χ0) is 12.6. The Morgan fingerprint density at radius 2 is 2.17 bits per heavy atom. The third-order valence-corrected chi connectivity index (χ3v) is 3.48. The second-order valence-corrected chi connectivity index (χ2v) is 4.97. The first-order valence-corrected chi connectivity index (χ1v) is 7.08. The van der Waals surface area contributed by atoms with Crippen molar-refractivity contribution < 1.29 is 14.3 Å². The van der Waals surface area contributed by atoms with E-state index >= 15 is 0 Å². The molecule has 0 aromatic rings. The standard InChI is InChI=1S/C13H24N2O3/c16-13(12-3-1-9-18-12)15-6-2-10-17-11-4-7-14-8-5-11/h11-12,14H,1-10H2,(H,15,16)/t12-/m1/s1. The maximum absolute atomic E-state index is 11.6. The maximum atomic E-state index is 11.6. The summed E-state index contributed by atoms with van der Waals surface area (Å²) in [6.45, 7) is 4.25. The topological polar surface area (TPSA) is 59.6 Å². The summed E-state index contributed by atoms with van der Waals surface area (Å²) in [5.74, 6) is 0.0365. The molecule has 1 atom stereocenters. The molecule has 0 spiro atoms. The summed E-state index contributed by atoms with van der Waals surface area (Å²) in [7, 11) is 0. The second-order valence-electron chi connectivity index (χ2n) is 4.97. The van der Waals surface area contributed by atoms with Crippen molar-refractivity contribution in [3.8, 4) is 0 Å². The van der Waals surface area contributed by atoms with Crippen molar-refractivity contribution in [1.82, 2.24) is 10.6 Å². The van der Waals surface area contributed by atoms with Gasteiger partial charge in [-0.1, -0.05) is 0 Å². The van der Waals surface area contributed by atoms with Gasteiger partial charge >= 0.3 is 0 Å². The van der Waals surface area contributed by atoms with Gasteiger partial charge < -0.3 is 20.1 Å². The van der Waals surface area contributed by atoms with Crippen LogP contribution in [0.3, 0.4) is 0 Å². The Morgan fingerprint density at radius 3 is 2.89 bits per heavy atom. The predicted octanol–water partition coefficient (Wildman–Crippen LogP) is 0.440. The van der Waals surface area contributed by atoms with Gasteiger partial charge in [-0.25, -0.2) is 0 Å². The maximum Gasteiger partial charge on any atom is 0.249 e. The molecule has 0 aliphatic carbocycles. The minimum atomic E-state index is -0.213. The van der Waals surface area contributed by atoms with Crippen LogP contribution < -0.4 is 10.6 Å². The van der Waals surface area contributed by atoms with Crippen LogP contribution in [0, 0.1) is 0 Å². The summed E-state index contributed by atoms with van der Waals surface area (Å²) in [5, 5.41) is 6.22. The zero-order valence-corrected chi connectivity index (χ0v) is 11.0. The van der Waals surface area contributed by atoms with Gasteiger partial charge in [0.15, 0.2) is 0 Å². The van der Waals surface area contributed by atoms with Crippen LogP contribution in [0.25, 0.3) is 0 Å². The van der Waals surface area contributed by atoms with E-state index in [2.05, 4.69) is 10.6 Å². The molecule has 0 aromatic carbocycles. The van der Waals surface area contributed by atoms with Crippen molar-refractivity contribution in [2.45, 2.75) is 44.3 Å². The molecule has 2 saturated heterocycles. The number of piperidine rings is 1. The van der Waals surface area contributed by atoms with Crippen molar-refractivity contribution in [3.05, 3.63) is 0 Å². The lowest BCUT2D eigenvalue weighted by molar-refractivity contribution is -0.130. The molecule has 0 radical (unpaired) electrons. The summed E-state index contributed by atoms with van der Waals surface area (Å²) >= 11 is 0. The van der Waals surface area contributed by atoms with E-state index in [0.717, 1.165) is 58.4 Å². The fraction of sp³-hybridized carbons (Fsp3) is 0.923. The molecule has 1 amide bonds. The highest BCUT2D eigenvalue weighted by molar-refractivity contribution is 5.80. The van der Waals surface area contributed by atoms with Gasteiger partial charge in [-0.05, 0) is 45.2 Å². The average Bonchev–Trinajstić information content (AvgIpc) is 2.93. The fourth-order valence-electron chi connectivity index (χ4n) is 2.39. The molecule has 0 aromatic heterocycles. The number of hydrogen-bond donors (Lipinski definition) is 2. The number of carbonyl (C=O) groups excluding carboxylic acids is 1. The Labute approximate surface area is 109 Å². The number of carbonyl (C=O) groups is 1. The molecule has 0 saturated carbocycles. The quantitative estimate of drug-likeness (QED) is 0.677. The Balaban J connectivity index is 1.46. The Hall–Kier alpha value is -0.650. The van der Waals surface area contributed by atoms with Gasteiger partial charge in [0.05, 0.1) is 6.10 Å². The summed E-state index contributed by atoms with van der Waals surface area (Å²) in [5.41, 5.74) is 0. The second kappa shape index (κ2) is 7.71. The van der Waals surface area contributed by atoms with Crippen LogP contribution >= 0.6 is 0 Å². The third kappa shape index (κ3) is 4.55. The van der Waals surface area contributed by atoms with Crippen molar-refractivity contribution in [1.29, 1.82) is 0 Å². The molecular formula is C13H24N2O3. The molecular weight excluding hydrogens is 232 g/mol. The third-order valence-electron chi connectivity index (χ3n) is 3.48. The van der Waals surface area contributed by atoms with Gasteiger partial charge in [0, 0.05) is 19.8 Å². The van der Waals surface area contributed by atoms with Crippen LogP contribution in [0.15, 0.2) is 0 Å². The van der Waals surface area contributed by atoms with Crippen molar-refractivity contribution in [2.24, 2.45) is 0 Å². The first-order valence-electron chi connectivity index (χ1n) is 7.08. The van der Waals surface area contributed by atoms with Gasteiger partial charge in [-0.15, -0.1) is 0 Å². The molecule has 2 rings (SSSR count). The zero-order valence-electron chi connectivity index (χ0n) is 11.0. The van der Waals surface area contributed by atoms with E-state index < -0.39 is 0 Å². The van der Waals surface area contributed by atoms with Crippen LogP contribution in [-0.4, -0.2) is 51.0 Å². The predicted molar refractivity (Wildman–Crippen MR) is 68.4 cm³/mol. The Kier molecular flexibility index (Phi) is 5.90. The SMILES string of the molecule is O=C(NCCCOC1CCNCC1)[C@H]1CCCO1. The van der Waals surface area contributed by atoms with Crippen molar-refractivity contribution in [2.75, 3.05) is 32.8 Å². The summed E-state index contributed by atoms with van der Waals surface area (Å²) in [6.07, 6.45) is 5.12. The highest BCUT2D eigenvalue weighted by Crippen LogP contribution is 2.11. The normalized spacial score (nSPS) is 25.2. The molecule has 0 unspecified atom stereocenters. The molecule has 18 heavy (non-hydrogen) atoms. The lowest BCUT2D eigenvalue weighted by atomic mass is 10.1. The number of amides is 1. The van der Waals surface area contributed by atoms with Gasteiger partial charge in [0.2, 0.25) is 5.91 Å². The number of ether oxygens (including phenoxy) is 2. The smallest absolute Gasteiger partial charge is 0.249 e. The molecule has 2 heterocycles. The highest BCUT2D eigenvalue weighted by atomic mass is 16.5. The van der Waals surface area contributed by atoms with E-state index in [9.17, 15) is 4.79 Å². The first kappa shape index (κ1) is 13.8. The van der Waals surface area contributed by atoms with E-state index in [1.807, 2.05) is 0 Å². The first-order chi connectivity index (χ1) is 8.86. The molecule has 2 aliphatic rings. The van der Waals surface area contributed by atoms with E-state index in [-0.39, 0.29) is 12.0 Å². The summed E-state index contributed by atoms with van der Waals surface area (Å²) in [6, 6.07) is 0. The van der Waals surface area contributed by atoms with E-state index in [1.165, 1.54) is 0 Å². The molecule has 2 fully saturated rings. The molecule has 104 valence electrons. The lowest BCUT2D eigenvalue weighted by Crippen LogP contribution is -2.35. The Bertz CT molecular complexity index is 249. The van der Waals surface area contributed by atoms with Crippen LogP contribution in [0.5, 0.6) is 0 Å². The highest BCUT2D eigenvalue weighted by Gasteiger charge is 2.22. The van der Waals surface area contributed by atoms with Gasteiger partial charge in [-0.2, -0.15) is 0 Å². The monoisotopic (exact) mass is 256 g/mol. The molecule has 2 N–H and O–H groups in total. The number of nitrogens with one attached hydrogen (secondary N) is 2. The van der Waals surface area contributed by atoms with Gasteiger partial charge in [0.25, 0.3) is 0 Å². The average molecular weight is 256 g/mol. The van der Waals surface area contributed by atoms with E-state index in [1.54, 1.807) is 0 Å². The fourth-order valence-corrected chi connectivity index (χ4v) is 2.39. The van der Waals surface area contributed by atoms with Crippen LogP contribution in [0.2, 0.25) is 0 Å². The van der Waals surface area contributed by atoms with E-state index in [0.29, 0.717) is 12.6 Å². The van der Waals surface area contributed by atoms with Crippen molar-refractivity contribution >= 4 is 5.91 Å². The molecule has 5 nitrogen and oxygen atoms in total. The van der Waals surface area contributed by atoms with Crippen molar-refractivity contribution in [3.63, 3.8) is 0 Å². The van der Waals surface area contributed by atoms with Gasteiger partial charge in [-0.3, -0.25) is 4.79 Å². The number of hydrogen-bond acceptors (Lipinski definition) is 4. The minimum Gasteiger partial charge on any atom is -0.378 e. The van der Waals surface area contributed by atoms with Crippen LogP contribution in [0.1, 0.15) is 32.1 Å². The lowest BCUT2D eigenvalue weighted by Gasteiger charge is -2.22.